The van der Waals surface area contributed by atoms with Crippen LogP contribution in [0.5, 0.6) is 0 Å². The molecule has 0 atom stereocenters. The Morgan fingerprint density at radius 2 is 1.55 bits per heavy atom. The molecule has 0 aromatic heterocycles. The standard InChI is InChI=1S/C20H26F5N3O3S2/c1-18(2,3)32(30,31)28-16-12-14(33(21,22,23,24)25)4-5-15(16)17(29)27-20-9-6-19(13-26,7-10-20)8-11-20/h4-5,12,28H,6-11H2,1-3H3,(H,27,29). The first-order valence-corrected chi connectivity index (χ1v) is 13.7. The molecule has 1 amide bonds. The number of rotatable bonds is 5. The van der Waals surface area contributed by atoms with Crippen LogP contribution >= 0.6 is 10.2 Å². The lowest BCUT2D eigenvalue weighted by Gasteiger charge is -2.50. The Bertz CT molecular complexity index is 1130. The summed E-state index contributed by atoms with van der Waals surface area (Å²) in [6, 6.07) is 2.94. The Kier molecular flexibility index (Phi) is 5.22. The Balaban J connectivity index is 2.01. The predicted octanol–water partition coefficient (Wildman–Crippen LogP) is 6.23. The number of hydrogen-bond donors (Lipinski definition) is 2. The molecule has 3 aliphatic rings. The Labute approximate surface area is 189 Å². The molecule has 1 aromatic carbocycles. The quantitative estimate of drug-likeness (QED) is 0.454. The molecule has 0 spiro atoms. The van der Waals surface area contributed by atoms with E-state index in [1.807, 2.05) is 4.72 Å². The minimum absolute atomic E-state index is 0.0279. The summed E-state index contributed by atoms with van der Waals surface area (Å²) in [6.07, 6.45) is 3.11. The molecule has 0 heterocycles. The number of nitriles is 1. The summed E-state index contributed by atoms with van der Waals surface area (Å²) in [5.41, 5.74) is -2.49. The van der Waals surface area contributed by atoms with Crippen molar-refractivity contribution in [2.45, 2.75) is 74.5 Å². The Hall–Kier alpha value is -2.07. The van der Waals surface area contributed by atoms with Crippen LogP contribution in [0.3, 0.4) is 0 Å². The van der Waals surface area contributed by atoms with Gasteiger partial charge in [-0.15, -0.1) is 0 Å². The van der Waals surface area contributed by atoms with Gasteiger partial charge in [-0.2, -0.15) is 5.26 Å². The van der Waals surface area contributed by atoms with Gasteiger partial charge in [0, 0.05) is 5.54 Å². The van der Waals surface area contributed by atoms with Crippen molar-refractivity contribution in [3.05, 3.63) is 23.8 Å². The van der Waals surface area contributed by atoms with Crippen LogP contribution in [0.4, 0.5) is 25.1 Å². The van der Waals surface area contributed by atoms with Crippen molar-refractivity contribution in [2.75, 3.05) is 4.72 Å². The average Bonchev–Trinajstić information content (AvgIpc) is 2.66. The smallest absolute Gasteiger partial charge is 0.310 e. The SMILES string of the molecule is CC(C)(C)S(=O)(=O)Nc1cc(S(F)(F)(F)(F)F)ccc1C(=O)NC12CCC(C#N)(CC1)CC2. The van der Waals surface area contributed by atoms with Crippen LogP contribution in [-0.2, 0) is 10.0 Å². The lowest BCUT2D eigenvalue weighted by atomic mass is 9.58. The summed E-state index contributed by atoms with van der Waals surface area (Å²) in [5.74, 6) is -0.873. The fourth-order valence-electron chi connectivity index (χ4n) is 4.19. The summed E-state index contributed by atoms with van der Waals surface area (Å²) >= 11 is 0. The lowest BCUT2D eigenvalue weighted by molar-refractivity contribution is 0.0521. The number of benzene rings is 1. The third-order valence-corrected chi connectivity index (χ3v) is 9.84. The molecular formula is C20H26F5N3O3S2. The minimum atomic E-state index is -10.1. The van der Waals surface area contributed by atoms with Gasteiger partial charge in [0.1, 0.15) is 4.90 Å². The second-order valence-corrected chi connectivity index (χ2v) is 14.9. The van der Waals surface area contributed by atoms with Crippen molar-refractivity contribution in [1.29, 1.82) is 5.26 Å². The summed E-state index contributed by atoms with van der Waals surface area (Å²) in [5, 5.41) is 12.2. The van der Waals surface area contributed by atoms with Gasteiger partial charge in [-0.1, -0.05) is 19.4 Å². The first kappa shape index (κ1) is 25.6. The maximum Gasteiger partial charge on any atom is 0.310 e. The van der Waals surface area contributed by atoms with Crippen molar-refractivity contribution in [3.63, 3.8) is 0 Å². The maximum absolute atomic E-state index is 13.4. The number of nitrogens with one attached hydrogen (secondary N) is 2. The topological polar surface area (TPSA) is 99.1 Å². The Morgan fingerprint density at radius 1 is 1.03 bits per heavy atom. The fourth-order valence-corrected chi connectivity index (χ4v) is 5.62. The van der Waals surface area contributed by atoms with Crippen LogP contribution in [0.15, 0.2) is 23.1 Å². The van der Waals surface area contributed by atoms with Gasteiger partial charge in [-0.05, 0) is 77.5 Å². The second-order valence-electron chi connectivity index (χ2n) is 10.0. The van der Waals surface area contributed by atoms with E-state index in [2.05, 4.69) is 11.4 Å². The van der Waals surface area contributed by atoms with Crippen LogP contribution in [0.2, 0.25) is 0 Å². The molecular weight excluding hydrogens is 489 g/mol. The number of hydrogen-bond acceptors (Lipinski definition) is 4. The third-order valence-electron chi connectivity index (χ3n) is 6.59. The highest BCUT2D eigenvalue weighted by Crippen LogP contribution is 3.02. The molecule has 6 nitrogen and oxygen atoms in total. The third kappa shape index (κ3) is 5.06. The molecule has 4 rings (SSSR count). The monoisotopic (exact) mass is 515 g/mol. The van der Waals surface area contributed by atoms with E-state index in [1.54, 1.807) is 0 Å². The van der Waals surface area contributed by atoms with E-state index in [-0.39, 0.29) is 12.1 Å². The van der Waals surface area contributed by atoms with E-state index in [1.165, 1.54) is 20.8 Å². The summed E-state index contributed by atoms with van der Waals surface area (Å²) in [6.45, 7) is 3.82. The highest BCUT2D eigenvalue weighted by Gasteiger charge is 2.65. The van der Waals surface area contributed by atoms with Crippen molar-refractivity contribution in [2.24, 2.45) is 5.41 Å². The Morgan fingerprint density at radius 3 is 1.97 bits per heavy atom. The van der Waals surface area contributed by atoms with Gasteiger partial charge < -0.3 is 5.32 Å². The molecule has 2 N–H and O–H groups in total. The highest BCUT2D eigenvalue weighted by molar-refractivity contribution is 8.45. The molecule has 0 unspecified atom stereocenters. The first-order chi connectivity index (χ1) is 14.6. The first-order valence-electron chi connectivity index (χ1n) is 10.3. The van der Waals surface area contributed by atoms with Gasteiger partial charge in [0.05, 0.1) is 27.5 Å². The van der Waals surface area contributed by atoms with Crippen LogP contribution in [-0.4, -0.2) is 24.6 Å². The number of sulfonamides is 1. The predicted molar refractivity (Wildman–Crippen MR) is 116 cm³/mol. The second kappa shape index (κ2) is 6.75. The van der Waals surface area contributed by atoms with E-state index in [4.69, 9.17) is 0 Å². The van der Waals surface area contributed by atoms with E-state index in [9.17, 15) is 37.9 Å². The zero-order chi connectivity index (χ0) is 25.2. The van der Waals surface area contributed by atoms with Gasteiger partial charge >= 0.3 is 10.2 Å². The zero-order valence-electron chi connectivity index (χ0n) is 18.4. The number of amides is 1. The molecule has 3 aliphatic carbocycles. The maximum atomic E-state index is 13.4. The number of nitrogens with zero attached hydrogens (tertiary/aromatic N) is 1. The van der Waals surface area contributed by atoms with Crippen molar-refractivity contribution >= 4 is 31.8 Å². The number of carbonyl (C=O) groups is 1. The highest BCUT2D eigenvalue weighted by atomic mass is 32.5. The minimum Gasteiger partial charge on any atom is -0.347 e. The van der Waals surface area contributed by atoms with Crippen LogP contribution in [0.25, 0.3) is 0 Å². The lowest BCUT2D eigenvalue weighted by Crippen LogP contribution is -2.56. The van der Waals surface area contributed by atoms with Gasteiger partial charge in [-0.3, -0.25) is 9.52 Å². The molecule has 3 saturated carbocycles. The number of carbonyl (C=O) groups excluding carboxylic acids is 1. The average molecular weight is 516 g/mol. The van der Waals surface area contributed by atoms with Gasteiger partial charge in [0.25, 0.3) is 5.91 Å². The van der Waals surface area contributed by atoms with Crippen LogP contribution < -0.4 is 10.0 Å². The molecule has 0 radical (unpaired) electrons. The van der Waals surface area contributed by atoms with Crippen LogP contribution in [0, 0.1) is 16.7 Å². The number of fused-ring (bicyclic) bond motifs is 3. The molecule has 33 heavy (non-hydrogen) atoms. The van der Waals surface area contributed by atoms with Crippen LogP contribution in [0.1, 0.15) is 69.7 Å². The molecule has 2 bridgehead atoms. The summed E-state index contributed by atoms with van der Waals surface area (Å²) < 4.78 is 92.5. The summed E-state index contributed by atoms with van der Waals surface area (Å²) in [7, 11) is -14.5. The van der Waals surface area contributed by atoms with E-state index in [0.29, 0.717) is 44.6 Å². The molecule has 3 fully saturated rings. The van der Waals surface area contributed by atoms with Crippen molar-refractivity contribution in [1.82, 2.24) is 5.32 Å². The van der Waals surface area contributed by atoms with Crippen molar-refractivity contribution in [3.8, 4) is 6.07 Å². The normalized spacial score (nSPS) is 27.7. The molecule has 13 heteroatoms. The summed E-state index contributed by atoms with van der Waals surface area (Å²) in [4.78, 5) is 10.8. The van der Waals surface area contributed by atoms with E-state index in [0.717, 1.165) is 0 Å². The van der Waals surface area contributed by atoms with E-state index < -0.39 is 58.0 Å². The zero-order valence-corrected chi connectivity index (χ0v) is 20.0. The van der Waals surface area contributed by atoms with Gasteiger partial charge in [0.2, 0.25) is 10.0 Å². The number of halogens is 5. The molecule has 1 aromatic rings. The van der Waals surface area contributed by atoms with Gasteiger partial charge in [-0.25, -0.2) is 8.42 Å². The molecule has 186 valence electrons. The fraction of sp³-hybridized carbons (Fsp3) is 0.600. The number of anilines is 1. The molecule has 0 aliphatic heterocycles. The van der Waals surface area contributed by atoms with E-state index >= 15 is 0 Å². The molecule has 0 saturated heterocycles. The van der Waals surface area contributed by atoms with Crippen molar-refractivity contribution < 1.29 is 32.6 Å². The largest absolute Gasteiger partial charge is 0.347 e. The van der Waals surface area contributed by atoms with Gasteiger partial charge in [0.15, 0.2) is 0 Å².